The maximum Gasteiger partial charge on any atom is 0.151 e. The lowest BCUT2D eigenvalue weighted by atomic mass is 10.1. The van der Waals surface area contributed by atoms with Crippen molar-refractivity contribution >= 4 is 0 Å². The van der Waals surface area contributed by atoms with Gasteiger partial charge in [0.1, 0.15) is 12.1 Å². The van der Waals surface area contributed by atoms with E-state index in [2.05, 4.69) is 15.4 Å². The maximum atomic E-state index is 13.6. The van der Waals surface area contributed by atoms with Gasteiger partial charge in [-0.25, -0.2) is 9.37 Å². The van der Waals surface area contributed by atoms with Crippen LogP contribution in [0.25, 0.3) is 0 Å². The van der Waals surface area contributed by atoms with Crippen molar-refractivity contribution in [1.29, 1.82) is 0 Å². The lowest BCUT2D eigenvalue weighted by molar-refractivity contribution is 0.528. The number of hydrogen-bond acceptors (Lipinski definition) is 3. The zero-order valence-electron chi connectivity index (χ0n) is 10.9. The molecule has 0 saturated carbocycles. The Morgan fingerprint density at radius 2 is 2.37 bits per heavy atom. The second kappa shape index (κ2) is 5.09. The first kappa shape index (κ1) is 12.3. The molecule has 0 spiro atoms. The summed E-state index contributed by atoms with van der Waals surface area (Å²) in [5.74, 6) is 0.764. The summed E-state index contributed by atoms with van der Waals surface area (Å²) in [6.45, 7) is 0.810. The zero-order chi connectivity index (χ0) is 13.2. The number of nitrogens with zero attached hydrogens (tertiary/aromatic N) is 3. The van der Waals surface area contributed by atoms with Crippen molar-refractivity contribution in [1.82, 2.24) is 20.1 Å². The molecular formula is C14H17FN4. The summed E-state index contributed by atoms with van der Waals surface area (Å²) < 4.78 is 15.3. The van der Waals surface area contributed by atoms with Gasteiger partial charge in [-0.05, 0) is 30.0 Å². The molecule has 5 heteroatoms. The van der Waals surface area contributed by atoms with Crippen LogP contribution in [0.15, 0.2) is 24.5 Å². The molecule has 1 aliphatic rings. The van der Waals surface area contributed by atoms with E-state index in [1.807, 2.05) is 13.1 Å². The van der Waals surface area contributed by atoms with Gasteiger partial charge < -0.3 is 5.32 Å². The number of fused-ring (bicyclic) bond motifs is 1. The highest BCUT2D eigenvalue weighted by molar-refractivity contribution is 5.35. The molecule has 1 aromatic carbocycles. The second-order valence-electron chi connectivity index (χ2n) is 4.94. The number of halogens is 1. The van der Waals surface area contributed by atoms with Gasteiger partial charge in [-0.3, -0.25) is 4.68 Å². The van der Waals surface area contributed by atoms with Gasteiger partial charge in [-0.15, -0.1) is 0 Å². The highest BCUT2D eigenvalue weighted by Crippen LogP contribution is 2.32. The Morgan fingerprint density at radius 1 is 1.47 bits per heavy atom. The third-order valence-electron chi connectivity index (χ3n) is 3.60. The fraction of sp³-hybridized carbons (Fsp3) is 0.429. The van der Waals surface area contributed by atoms with Crippen molar-refractivity contribution in [2.24, 2.45) is 7.05 Å². The molecule has 0 amide bonds. The van der Waals surface area contributed by atoms with Crippen molar-refractivity contribution in [3.63, 3.8) is 0 Å². The van der Waals surface area contributed by atoms with E-state index in [4.69, 9.17) is 0 Å². The topological polar surface area (TPSA) is 42.7 Å². The molecule has 0 radical (unpaired) electrons. The molecule has 0 saturated heterocycles. The van der Waals surface area contributed by atoms with Gasteiger partial charge in [0.25, 0.3) is 0 Å². The van der Waals surface area contributed by atoms with Crippen molar-refractivity contribution in [3.8, 4) is 0 Å². The maximum absolute atomic E-state index is 13.6. The Labute approximate surface area is 111 Å². The Hall–Kier alpha value is -1.75. The van der Waals surface area contributed by atoms with E-state index in [1.165, 1.54) is 0 Å². The second-order valence-corrected chi connectivity index (χ2v) is 4.94. The van der Waals surface area contributed by atoms with Crippen LogP contribution in [-0.2, 0) is 19.9 Å². The average molecular weight is 260 g/mol. The van der Waals surface area contributed by atoms with Crippen molar-refractivity contribution in [2.45, 2.75) is 25.3 Å². The monoisotopic (exact) mass is 260 g/mol. The van der Waals surface area contributed by atoms with Crippen LogP contribution >= 0.6 is 0 Å². The summed E-state index contributed by atoms with van der Waals surface area (Å²) in [4.78, 5) is 4.19. The van der Waals surface area contributed by atoms with Gasteiger partial charge >= 0.3 is 0 Å². The van der Waals surface area contributed by atoms with Gasteiger partial charge in [0.2, 0.25) is 0 Å². The Kier molecular flexibility index (Phi) is 3.29. The number of nitrogens with one attached hydrogen (secondary N) is 1. The first-order valence-electron chi connectivity index (χ1n) is 6.59. The number of benzene rings is 1. The summed E-state index contributed by atoms with van der Waals surface area (Å²) >= 11 is 0. The highest BCUT2D eigenvalue weighted by Gasteiger charge is 2.24. The third-order valence-corrected chi connectivity index (χ3v) is 3.60. The molecule has 2 aromatic rings. The number of hydrogen-bond donors (Lipinski definition) is 1. The lowest BCUT2D eigenvalue weighted by Gasteiger charge is -2.13. The highest BCUT2D eigenvalue weighted by atomic mass is 19.1. The summed E-state index contributed by atoms with van der Waals surface area (Å²) in [6, 6.07) is 5.60. The molecule has 1 aromatic heterocycles. The Bertz CT molecular complexity index is 579. The Balaban J connectivity index is 1.59. The summed E-state index contributed by atoms with van der Waals surface area (Å²) in [5, 5.41) is 7.71. The van der Waals surface area contributed by atoms with Gasteiger partial charge in [0.15, 0.2) is 5.82 Å². The van der Waals surface area contributed by atoms with E-state index >= 15 is 0 Å². The van der Waals surface area contributed by atoms with Crippen LogP contribution < -0.4 is 5.32 Å². The summed E-state index contributed by atoms with van der Waals surface area (Å²) in [7, 11) is 1.86. The SMILES string of the molecule is Cn1cnc(CCNC2CCc3c(F)cccc32)n1. The molecular weight excluding hydrogens is 243 g/mol. The first-order valence-corrected chi connectivity index (χ1v) is 6.59. The zero-order valence-corrected chi connectivity index (χ0v) is 10.9. The number of aromatic nitrogens is 3. The van der Waals surface area contributed by atoms with E-state index < -0.39 is 0 Å². The number of aryl methyl sites for hydroxylation is 1. The van der Waals surface area contributed by atoms with E-state index in [0.717, 1.165) is 42.8 Å². The molecule has 1 aliphatic carbocycles. The minimum Gasteiger partial charge on any atom is -0.309 e. The fourth-order valence-corrected chi connectivity index (χ4v) is 2.68. The summed E-state index contributed by atoms with van der Waals surface area (Å²) in [6.07, 6.45) is 4.28. The van der Waals surface area contributed by atoms with E-state index in [0.29, 0.717) is 0 Å². The predicted octanol–water partition coefficient (Wildman–Crippen LogP) is 1.77. The van der Waals surface area contributed by atoms with Crippen LogP contribution in [0.4, 0.5) is 4.39 Å². The van der Waals surface area contributed by atoms with E-state index in [-0.39, 0.29) is 11.9 Å². The molecule has 1 N–H and O–H groups in total. The third kappa shape index (κ3) is 2.51. The quantitative estimate of drug-likeness (QED) is 0.911. The van der Waals surface area contributed by atoms with Crippen LogP contribution in [-0.4, -0.2) is 21.3 Å². The smallest absolute Gasteiger partial charge is 0.151 e. The van der Waals surface area contributed by atoms with Crippen LogP contribution in [0.5, 0.6) is 0 Å². The molecule has 1 atom stereocenters. The molecule has 19 heavy (non-hydrogen) atoms. The minimum atomic E-state index is -0.0757. The van der Waals surface area contributed by atoms with Gasteiger partial charge in [-0.2, -0.15) is 5.10 Å². The first-order chi connectivity index (χ1) is 9.24. The van der Waals surface area contributed by atoms with Crippen LogP contribution in [0.3, 0.4) is 0 Å². The minimum absolute atomic E-state index is 0.0757. The molecule has 0 fully saturated rings. The summed E-state index contributed by atoms with van der Waals surface area (Å²) in [5.41, 5.74) is 1.98. The molecule has 4 nitrogen and oxygen atoms in total. The van der Waals surface area contributed by atoms with Crippen LogP contribution in [0.1, 0.15) is 29.4 Å². The largest absolute Gasteiger partial charge is 0.309 e. The van der Waals surface area contributed by atoms with Crippen LogP contribution in [0, 0.1) is 5.82 Å². The van der Waals surface area contributed by atoms with Gasteiger partial charge in [-0.1, -0.05) is 12.1 Å². The lowest BCUT2D eigenvalue weighted by Crippen LogP contribution is -2.22. The average Bonchev–Trinajstić information content (AvgIpc) is 2.98. The standard InChI is InChI=1S/C14H17FN4/c1-19-9-17-14(18-19)7-8-16-13-6-5-10-11(13)3-2-4-12(10)15/h2-4,9,13,16H,5-8H2,1H3. The predicted molar refractivity (Wildman–Crippen MR) is 70.2 cm³/mol. The molecule has 3 rings (SSSR count). The fourth-order valence-electron chi connectivity index (χ4n) is 2.68. The normalized spacial score (nSPS) is 17.7. The molecule has 1 unspecified atom stereocenters. The molecule has 100 valence electrons. The Morgan fingerprint density at radius 3 is 3.16 bits per heavy atom. The van der Waals surface area contributed by atoms with Crippen molar-refractivity contribution in [3.05, 3.63) is 47.3 Å². The van der Waals surface area contributed by atoms with Crippen molar-refractivity contribution < 1.29 is 4.39 Å². The van der Waals surface area contributed by atoms with Gasteiger partial charge in [0, 0.05) is 26.1 Å². The molecule has 0 aliphatic heterocycles. The van der Waals surface area contributed by atoms with Crippen molar-refractivity contribution in [2.75, 3.05) is 6.54 Å². The van der Waals surface area contributed by atoms with E-state index in [1.54, 1.807) is 23.1 Å². The number of rotatable bonds is 4. The molecule has 1 heterocycles. The van der Waals surface area contributed by atoms with E-state index in [9.17, 15) is 4.39 Å². The van der Waals surface area contributed by atoms with Crippen LogP contribution in [0.2, 0.25) is 0 Å². The van der Waals surface area contributed by atoms with Gasteiger partial charge in [0.05, 0.1) is 0 Å². The molecule has 0 bridgehead atoms.